The molecule has 16 heavy (non-hydrogen) atoms. The predicted molar refractivity (Wildman–Crippen MR) is 57.3 cm³/mol. The third kappa shape index (κ3) is 4.26. The van der Waals surface area contributed by atoms with Crippen LogP contribution in [0.4, 0.5) is 5.95 Å². The number of rotatable bonds is 7. The lowest BCUT2D eigenvalue weighted by Gasteiger charge is -2.02. The van der Waals surface area contributed by atoms with Crippen molar-refractivity contribution in [3.8, 4) is 6.01 Å². The molecule has 1 rings (SSSR count). The molecule has 7 heteroatoms. The quantitative estimate of drug-likeness (QED) is 0.666. The number of methoxy groups -OCH3 is 1. The maximum Gasteiger partial charge on any atom is 0.336 e. The average Bonchev–Trinajstić information content (AvgIpc) is 2.72. The molecule has 0 unspecified atom stereocenters. The van der Waals surface area contributed by atoms with Gasteiger partial charge in [0.05, 0.1) is 20.1 Å². The summed E-state index contributed by atoms with van der Waals surface area (Å²) in [5.41, 5.74) is 0. The molecule has 0 atom stereocenters. The summed E-state index contributed by atoms with van der Waals surface area (Å²) < 4.78 is 9.95. The molecule has 1 aromatic heterocycles. The van der Waals surface area contributed by atoms with Crippen LogP contribution in [0.15, 0.2) is 0 Å². The van der Waals surface area contributed by atoms with Crippen molar-refractivity contribution in [1.29, 1.82) is 0 Å². The number of amides is 1. The zero-order valence-corrected chi connectivity index (χ0v) is 9.45. The van der Waals surface area contributed by atoms with Gasteiger partial charge < -0.3 is 9.47 Å². The van der Waals surface area contributed by atoms with Crippen molar-refractivity contribution in [2.24, 2.45) is 0 Å². The number of nitrogens with zero attached hydrogens (tertiary/aromatic N) is 2. The Morgan fingerprint density at radius 3 is 2.94 bits per heavy atom. The standard InChI is InChI=1S/C9H16N4O3/c1-3-5-16-6-4-7(14)10-8-11-9(15-2)13-12-8/h3-6H2,1-2H3,(H2,10,11,12,13,14). The second-order valence-electron chi connectivity index (χ2n) is 3.08. The fraction of sp³-hybridized carbons (Fsp3) is 0.667. The number of aromatic nitrogens is 3. The molecule has 90 valence electrons. The van der Waals surface area contributed by atoms with Crippen LogP contribution < -0.4 is 10.1 Å². The number of hydrogen-bond donors (Lipinski definition) is 2. The molecule has 0 aliphatic carbocycles. The highest BCUT2D eigenvalue weighted by atomic mass is 16.5. The van der Waals surface area contributed by atoms with Crippen LogP contribution in [0.1, 0.15) is 19.8 Å². The van der Waals surface area contributed by atoms with Gasteiger partial charge in [0.15, 0.2) is 0 Å². The van der Waals surface area contributed by atoms with Gasteiger partial charge in [-0.2, -0.15) is 4.98 Å². The second kappa shape index (κ2) is 6.78. The molecule has 0 aromatic carbocycles. The Hall–Kier alpha value is -1.63. The van der Waals surface area contributed by atoms with Gasteiger partial charge in [0.2, 0.25) is 11.9 Å². The summed E-state index contributed by atoms with van der Waals surface area (Å²) >= 11 is 0. The van der Waals surface area contributed by atoms with E-state index in [1.54, 1.807) is 0 Å². The minimum atomic E-state index is -0.171. The molecule has 0 saturated heterocycles. The maximum atomic E-state index is 11.4. The predicted octanol–water partition coefficient (Wildman–Crippen LogP) is 0.568. The lowest BCUT2D eigenvalue weighted by Crippen LogP contribution is -2.15. The molecule has 0 spiro atoms. The fourth-order valence-electron chi connectivity index (χ4n) is 0.999. The Bertz CT molecular complexity index is 326. The van der Waals surface area contributed by atoms with Crippen molar-refractivity contribution < 1.29 is 14.3 Å². The number of nitrogens with one attached hydrogen (secondary N) is 2. The van der Waals surface area contributed by atoms with Gasteiger partial charge in [-0.3, -0.25) is 10.1 Å². The number of H-pyrrole nitrogens is 1. The first-order valence-corrected chi connectivity index (χ1v) is 5.10. The molecule has 0 aliphatic heterocycles. The van der Waals surface area contributed by atoms with Crippen molar-refractivity contribution in [2.45, 2.75) is 19.8 Å². The van der Waals surface area contributed by atoms with Gasteiger partial charge in [-0.1, -0.05) is 6.92 Å². The molecule has 0 bridgehead atoms. The van der Waals surface area contributed by atoms with Crippen LogP contribution in [-0.2, 0) is 9.53 Å². The first-order chi connectivity index (χ1) is 7.76. The number of ether oxygens (including phenoxy) is 2. The number of anilines is 1. The lowest BCUT2D eigenvalue weighted by atomic mass is 10.4. The molecule has 0 radical (unpaired) electrons. The van der Waals surface area contributed by atoms with Crippen LogP contribution in [0.3, 0.4) is 0 Å². The highest BCUT2D eigenvalue weighted by Crippen LogP contribution is 2.04. The van der Waals surface area contributed by atoms with E-state index in [9.17, 15) is 4.79 Å². The van der Waals surface area contributed by atoms with Crippen LogP contribution >= 0.6 is 0 Å². The maximum absolute atomic E-state index is 11.4. The summed E-state index contributed by atoms with van der Waals surface area (Å²) in [6.45, 7) is 3.09. The first kappa shape index (κ1) is 12.4. The van der Waals surface area contributed by atoms with Crippen molar-refractivity contribution in [1.82, 2.24) is 15.2 Å². The molecule has 2 N–H and O–H groups in total. The van der Waals surface area contributed by atoms with Crippen molar-refractivity contribution in [3.05, 3.63) is 0 Å². The van der Waals surface area contributed by atoms with E-state index in [1.807, 2.05) is 6.92 Å². The Kier molecular flexibility index (Phi) is 5.27. The monoisotopic (exact) mass is 228 g/mol. The fourth-order valence-corrected chi connectivity index (χ4v) is 0.999. The third-order valence-electron chi connectivity index (χ3n) is 1.73. The lowest BCUT2D eigenvalue weighted by molar-refractivity contribution is -0.117. The van der Waals surface area contributed by atoms with E-state index < -0.39 is 0 Å². The van der Waals surface area contributed by atoms with E-state index in [4.69, 9.17) is 9.47 Å². The average molecular weight is 228 g/mol. The smallest absolute Gasteiger partial charge is 0.336 e. The molecule has 7 nitrogen and oxygen atoms in total. The van der Waals surface area contributed by atoms with Gasteiger partial charge in [-0.25, -0.2) is 5.10 Å². The first-order valence-electron chi connectivity index (χ1n) is 5.10. The summed E-state index contributed by atoms with van der Waals surface area (Å²) in [7, 11) is 1.45. The summed E-state index contributed by atoms with van der Waals surface area (Å²) in [4.78, 5) is 15.2. The Morgan fingerprint density at radius 2 is 2.31 bits per heavy atom. The molecule has 1 amide bonds. The van der Waals surface area contributed by atoms with Gasteiger partial charge in [0.25, 0.3) is 0 Å². The van der Waals surface area contributed by atoms with Crippen molar-refractivity contribution in [3.63, 3.8) is 0 Å². The van der Waals surface area contributed by atoms with Crippen LogP contribution in [0.2, 0.25) is 0 Å². The minimum Gasteiger partial charge on any atom is -0.466 e. The van der Waals surface area contributed by atoms with Crippen LogP contribution in [0, 0.1) is 0 Å². The molecular formula is C9H16N4O3. The van der Waals surface area contributed by atoms with Gasteiger partial charge in [0, 0.05) is 6.61 Å². The van der Waals surface area contributed by atoms with E-state index in [-0.39, 0.29) is 17.9 Å². The van der Waals surface area contributed by atoms with E-state index in [2.05, 4.69) is 20.5 Å². The molecular weight excluding hydrogens is 212 g/mol. The van der Waals surface area contributed by atoms with Gasteiger partial charge in [-0.05, 0) is 6.42 Å². The van der Waals surface area contributed by atoms with Gasteiger partial charge >= 0.3 is 6.01 Å². The third-order valence-corrected chi connectivity index (χ3v) is 1.73. The van der Waals surface area contributed by atoms with E-state index in [1.165, 1.54) is 7.11 Å². The van der Waals surface area contributed by atoms with Crippen LogP contribution in [0.25, 0.3) is 0 Å². The van der Waals surface area contributed by atoms with Crippen molar-refractivity contribution >= 4 is 11.9 Å². The zero-order chi connectivity index (χ0) is 11.8. The molecule has 1 heterocycles. The number of aromatic amines is 1. The molecule has 0 aliphatic rings. The number of carbonyl (C=O) groups excluding carboxylic acids is 1. The van der Waals surface area contributed by atoms with Gasteiger partial charge in [-0.15, -0.1) is 5.10 Å². The highest BCUT2D eigenvalue weighted by molar-refractivity contribution is 5.88. The Balaban J connectivity index is 2.23. The summed E-state index contributed by atoms with van der Waals surface area (Å²) in [5, 5.41) is 8.77. The number of carbonyl (C=O) groups is 1. The second-order valence-corrected chi connectivity index (χ2v) is 3.08. The molecule has 0 fully saturated rings. The van der Waals surface area contributed by atoms with Crippen molar-refractivity contribution in [2.75, 3.05) is 25.6 Å². The minimum absolute atomic E-state index is 0.171. The van der Waals surface area contributed by atoms with E-state index >= 15 is 0 Å². The normalized spacial score (nSPS) is 10.1. The molecule has 1 aromatic rings. The van der Waals surface area contributed by atoms with Crippen LogP contribution in [-0.4, -0.2) is 41.4 Å². The Morgan fingerprint density at radius 1 is 1.50 bits per heavy atom. The SMILES string of the molecule is CCCOCCC(=O)Nc1nc(OC)n[nH]1. The summed E-state index contributed by atoms with van der Waals surface area (Å²) in [5.74, 6) is 0.104. The van der Waals surface area contributed by atoms with Crippen LogP contribution in [0.5, 0.6) is 6.01 Å². The van der Waals surface area contributed by atoms with E-state index in [0.29, 0.717) is 19.6 Å². The largest absolute Gasteiger partial charge is 0.466 e. The highest BCUT2D eigenvalue weighted by Gasteiger charge is 2.06. The zero-order valence-electron chi connectivity index (χ0n) is 9.45. The van der Waals surface area contributed by atoms with Gasteiger partial charge in [0.1, 0.15) is 0 Å². The number of hydrogen-bond acceptors (Lipinski definition) is 5. The molecule has 0 saturated carbocycles. The Labute approximate surface area is 93.5 Å². The topological polar surface area (TPSA) is 89.1 Å². The summed E-state index contributed by atoms with van der Waals surface area (Å²) in [6.07, 6.45) is 1.24. The summed E-state index contributed by atoms with van der Waals surface area (Å²) in [6, 6.07) is 0.192. The van der Waals surface area contributed by atoms with E-state index in [0.717, 1.165) is 6.42 Å².